The van der Waals surface area contributed by atoms with Crippen molar-refractivity contribution >= 4 is 17.6 Å². The fourth-order valence-electron chi connectivity index (χ4n) is 1.06. The highest BCUT2D eigenvalue weighted by atomic mass is 35.5. The summed E-state index contributed by atoms with van der Waals surface area (Å²) < 4.78 is 9.85. The van der Waals surface area contributed by atoms with E-state index in [-0.39, 0.29) is 12.5 Å². The van der Waals surface area contributed by atoms with Crippen molar-refractivity contribution in [3.05, 3.63) is 17.0 Å². The van der Waals surface area contributed by atoms with Crippen LogP contribution in [-0.2, 0) is 16.0 Å². The Kier molecular flexibility index (Phi) is 4.98. The summed E-state index contributed by atoms with van der Waals surface area (Å²) in [5.41, 5.74) is 0.690. The molecule has 0 aliphatic rings. The Morgan fingerprint density at radius 3 is 2.81 bits per heavy atom. The lowest BCUT2D eigenvalue weighted by Gasteiger charge is -2.07. The predicted octanol–water partition coefficient (Wildman–Crippen LogP) is 1.63. The van der Waals surface area contributed by atoms with Gasteiger partial charge in [0.2, 0.25) is 5.88 Å². The molecule has 88 valence electrons. The van der Waals surface area contributed by atoms with Crippen LogP contribution in [0.25, 0.3) is 0 Å². The van der Waals surface area contributed by atoms with Gasteiger partial charge in [-0.2, -0.15) is 0 Å². The number of aryl methyl sites for hydroxylation is 1. The van der Waals surface area contributed by atoms with E-state index in [9.17, 15) is 4.79 Å². The number of esters is 1. The van der Waals surface area contributed by atoms with Gasteiger partial charge >= 0.3 is 5.97 Å². The van der Waals surface area contributed by atoms with Crippen molar-refractivity contribution in [1.29, 1.82) is 0 Å². The predicted molar refractivity (Wildman–Crippen MR) is 58.5 cm³/mol. The monoisotopic (exact) mass is 244 g/mol. The van der Waals surface area contributed by atoms with Crippen LogP contribution in [0.5, 0.6) is 5.88 Å². The number of hydrogen-bond donors (Lipinski definition) is 0. The summed E-state index contributed by atoms with van der Waals surface area (Å²) in [7, 11) is 0. The Balaban J connectivity index is 2.63. The molecule has 0 aliphatic heterocycles. The molecule has 1 heterocycles. The smallest absolute Gasteiger partial charge is 0.344 e. The van der Waals surface area contributed by atoms with Gasteiger partial charge in [-0.3, -0.25) is 0 Å². The highest BCUT2D eigenvalue weighted by molar-refractivity contribution is 6.32. The maximum absolute atomic E-state index is 11.0. The number of ether oxygens (including phenoxy) is 2. The summed E-state index contributed by atoms with van der Waals surface area (Å²) in [5, 5.41) is 0.342. The third kappa shape index (κ3) is 3.34. The Bertz CT molecular complexity index is 371. The first-order valence-corrected chi connectivity index (χ1v) is 5.34. The van der Waals surface area contributed by atoms with Gasteiger partial charge in [0, 0.05) is 0 Å². The van der Waals surface area contributed by atoms with Crippen LogP contribution in [0, 0.1) is 0 Å². The van der Waals surface area contributed by atoms with Crippen LogP contribution in [0.3, 0.4) is 0 Å². The molecule has 0 N–H and O–H groups in total. The summed E-state index contributed by atoms with van der Waals surface area (Å²) >= 11 is 5.97. The Morgan fingerprint density at radius 2 is 2.19 bits per heavy atom. The molecule has 0 amide bonds. The highest BCUT2D eigenvalue weighted by Gasteiger charge is 2.11. The summed E-state index contributed by atoms with van der Waals surface area (Å²) in [6.45, 7) is 3.77. The summed E-state index contributed by atoms with van der Waals surface area (Å²) in [4.78, 5) is 18.9. The van der Waals surface area contributed by atoms with Gasteiger partial charge in [0.25, 0.3) is 0 Å². The SMILES string of the molecule is CCOC(=O)COc1ncnc(CC)c1Cl. The third-order valence-electron chi connectivity index (χ3n) is 1.80. The van der Waals surface area contributed by atoms with E-state index in [1.807, 2.05) is 6.92 Å². The van der Waals surface area contributed by atoms with Crippen molar-refractivity contribution < 1.29 is 14.3 Å². The molecule has 0 saturated heterocycles. The Morgan fingerprint density at radius 1 is 1.44 bits per heavy atom. The van der Waals surface area contributed by atoms with Crippen molar-refractivity contribution in [3.63, 3.8) is 0 Å². The van der Waals surface area contributed by atoms with Crippen LogP contribution < -0.4 is 4.74 Å². The Hall–Kier alpha value is -1.36. The van der Waals surface area contributed by atoms with Crippen molar-refractivity contribution in [3.8, 4) is 5.88 Å². The van der Waals surface area contributed by atoms with Crippen molar-refractivity contribution in [2.75, 3.05) is 13.2 Å². The van der Waals surface area contributed by atoms with Crippen LogP contribution in [0.4, 0.5) is 0 Å². The first-order chi connectivity index (χ1) is 7.69. The van der Waals surface area contributed by atoms with E-state index in [1.165, 1.54) is 6.33 Å². The molecule has 0 saturated carbocycles. The number of hydrogen-bond acceptors (Lipinski definition) is 5. The molecule has 0 spiro atoms. The van der Waals surface area contributed by atoms with Crippen LogP contribution in [0.2, 0.25) is 5.02 Å². The average Bonchev–Trinajstić information content (AvgIpc) is 2.28. The molecule has 0 atom stereocenters. The molecule has 0 radical (unpaired) electrons. The van der Waals surface area contributed by atoms with Crippen molar-refractivity contribution in [1.82, 2.24) is 9.97 Å². The molecular weight excluding hydrogens is 232 g/mol. The number of aromatic nitrogens is 2. The second-order valence-electron chi connectivity index (χ2n) is 2.89. The molecule has 0 aliphatic carbocycles. The van der Waals surface area contributed by atoms with Gasteiger partial charge in [-0.05, 0) is 13.3 Å². The fraction of sp³-hybridized carbons (Fsp3) is 0.500. The van der Waals surface area contributed by atoms with Crippen LogP contribution in [0.1, 0.15) is 19.5 Å². The minimum absolute atomic E-state index is 0.201. The molecule has 0 aromatic carbocycles. The van der Waals surface area contributed by atoms with Gasteiger partial charge in [0.1, 0.15) is 11.3 Å². The van der Waals surface area contributed by atoms with Crippen LogP contribution >= 0.6 is 11.6 Å². The van der Waals surface area contributed by atoms with E-state index >= 15 is 0 Å². The molecule has 6 heteroatoms. The van der Waals surface area contributed by atoms with Gasteiger partial charge < -0.3 is 9.47 Å². The number of nitrogens with zero attached hydrogens (tertiary/aromatic N) is 2. The summed E-state index contributed by atoms with van der Waals surface area (Å²) in [6, 6.07) is 0. The quantitative estimate of drug-likeness (QED) is 0.737. The zero-order chi connectivity index (χ0) is 12.0. The molecule has 16 heavy (non-hydrogen) atoms. The van der Waals surface area contributed by atoms with Gasteiger partial charge in [-0.1, -0.05) is 18.5 Å². The number of carbonyl (C=O) groups excluding carboxylic acids is 1. The maximum Gasteiger partial charge on any atom is 0.344 e. The van der Waals surface area contributed by atoms with E-state index in [0.717, 1.165) is 0 Å². The van der Waals surface area contributed by atoms with Crippen molar-refractivity contribution in [2.24, 2.45) is 0 Å². The largest absolute Gasteiger partial charge is 0.465 e. The van der Waals surface area contributed by atoms with Gasteiger partial charge in [-0.15, -0.1) is 0 Å². The summed E-state index contributed by atoms with van der Waals surface area (Å²) in [6.07, 6.45) is 2.03. The van der Waals surface area contributed by atoms with E-state index in [0.29, 0.717) is 23.7 Å². The molecule has 1 rings (SSSR count). The highest BCUT2D eigenvalue weighted by Crippen LogP contribution is 2.23. The molecule has 0 fully saturated rings. The lowest BCUT2D eigenvalue weighted by atomic mass is 10.3. The van der Waals surface area contributed by atoms with E-state index in [2.05, 4.69) is 9.97 Å². The van der Waals surface area contributed by atoms with Crippen LogP contribution in [-0.4, -0.2) is 29.2 Å². The van der Waals surface area contributed by atoms with Gasteiger partial charge in [0.15, 0.2) is 6.61 Å². The molecule has 0 bridgehead atoms. The van der Waals surface area contributed by atoms with Crippen LogP contribution in [0.15, 0.2) is 6.33 Å². The zero-order valence-corrected chi connectivity index (χ0v) is 9.95. The topological polar surface area (TPSA) is 61.3 Å². The fourth-order valence-corrected chi connectivity index (χ4v) is 1.35. The number of halogens is 1. The first kappa shape index (κ1) is 12.7. The number of rotatable bonds is 5. The van der Waals surface area contributed by atoms with E-state index in [1.54, 1.807) is 6.92 Å². The second-order valence-corrected chi connectivity index (χ2v) is 3.26. The van der Waals surface area contributed by atoms with Gasteiger partial charge in [-0.25, -0.2) is 14.8 Å². The van der Waals surface area contributed by atoms with Gasteiger partial charge in [0.05, 0.1) is 12.3 Å². The molecule has 1 aromatic heterocycles. The normalized spacial score (nSPS) is 9.94. The summed E-state index contributed by atoms with van der Waals surface area (Å²) in [5.74, 6) is -0.239. The molecule has 1 aromatic rings. The second kappa shape index (κ2) is 6.27. The maximum atomic E-state index is 11.0. The minimum Gasteiger partial charge on any atom is -0.465 e. The zero-order valence-electron chi connectivity index (χ0n) is 9.20. The van der Waals surface area contributed by atoms with Crippen molar-refractivity contribution in [2.45, 2.75) is 20.3 Å². The lowest BCUT2D eigenvalue weighted by molar-refractivity contribution is -0.145. The third-order valence-corrected chi connectivity index (χ3v) is 2.18. The standard InChI is InChI=1S/C10H13ClN2O3/c1-3-7-9(11)10(13-6-12-7)16-5-8(14)15-4-2/h6H,3-5H2,1-2H3. The van der Waals surface area contributed by atoms with E-state index in [4.69, 9.17) is 21.1 Å². The first-order valence-electron chi connectivity index (χ1n) is 4.96. The average molecular weight is 245 g/mol. The molecular formula is C10H13ClN2O3. The minimum atomic E-state index is -0.449. The molecule has 0 unspecified atom stereocenters. The van der Waals surface area contributed by atoms with E-state index < -0.39 is 5.97 Å². The lowest BCUT2D eigenvalue weighted by Crippen LogP contribution is -2.15. The molecule has 5 nitrogen and oxygen atoms in total. The number of carbonyl (C=O) groups is 1. The Labute approximate surface area is 98.8 Å².